The number of fused-ring (bicyclic) bond motifs is 1. The first-order chi connectivity index (χ1) is 5.29. The summed E-state index contributed by atoms with van der Waals surface area (Å²) >= 11 is 5.57. The standard InChI is InChI=1S/C6H3BrIN3/c7-5-1-2-9-6-4(8)3-10-11(5)6/h1-3H. The molecule has 0 N–H and O–H groups in total. The molecule has 2 heterocycles. The predicted molar refractivity (Wildman–Crippen MR) is 53.4 cm³/mol. The quantitative estimate of drug-likeness (QED) is 0.549. The molecule has 0 aliphatic heterocycles. The van der Waals surface area contributed by atoms with Crippen LogP contribution in [0.5, 0.6) is 0 Å². The van der Waals surface area contributed by atoms with E-state index in [1.165, 1.54) is 0 Å². The van der Waals surface area contributed by atoms with Gasteiger partial charge in [0.15, 0.2) is 5.65 Å². The molecule has 0 aliphatic carbocycles. The molecule has 3 nitrogen and oxygen atoms in total. The molecule has 0 radical (unpaired) electrons. The van der Waals surface area contributed by atoms with Gasteiger partial charge in [-0.25, -0.2) is 9.50 Å². The maximum atomic E-state index is 4.16. The monoisotopic (exact) mass is 323 g/mol. The molecule has 0 fully saturated rings. The van der Waals surface area contributed by atoms with Crippen molar-refractivity contribution in [3.8, 4) is 0 Å². The Bertz CT molecular complexity index is 398. The molecule has 5 heteroatoms. The van der Waals surface area contributed by atoms with Crippen LogP contribution in [0, 0.1) is 3.57 Å². The van der Waals surface area contributed by atoms with E-state index in [0.29, 0.717) is 0 Å². The molecule has 56 valence electrons. The summed E-state index contributed by atoms with van der Waals surface area (Å²) in [5, 5.41) is 4.12. The lowest BCUT2D eigenvalue weighted by Crippen LogP contribution is -1.90. The van der Waals surface area contributed by atoms with Gasteiger partial charge in [0.1, 0.15) is 4.60 Å². The number of hydrogen-bond acceptors (Lipinski definition) is 2. The minimum atomic E-state index is 0.889. The molecule has 0 aromatic carbocycles. The number of rotatable bonds is 0. The summed E-state index contributed by atoms with van der Waals surface area (Å²) in [6.07, 6.45) is 3.54. The van der Waals surface area contributed by atoms with Crippen molar-refractivity contribution < 1.29 is 0 Å². The largest absolute Gasteiger partial charge is 0.236 e. The van der Waals surface area contributed by atoms with E-state index in [-0.39, 0.29) is 0 Å². The average Bonchev–Trinajstić information content (AvgIpc) is 2.35. The number of hydrogen-bond donors (Lipinski definition) is 0. The fourth-order valence-electron chi connectivity index (χ4n) is 0.835. The van der Waals surface area contributed by atoms with Gasteiger partial charge in [0, 0.05) is 6.20 Å². The minimum absolute atomic E-state index is 0.889. The Kier molecular flexibility index (Phi) is 1.84. The first kappa shape index (κ1) is 7.48. The van der Waals surface area contributed by atoms with Crippen LogP contribution in [0.25, 0.3) is 5.65 Å². The molecule has 0 amide bonds. The Morgan fingerprint density at radius 1 is 1.55 bits per heavy atom. The Labute approximate surface area is 85.1 Å². The molecule has 0 saturated carbocycles. The van der Waals surface area contributed by atoms with E-state index in [9.17, 15) is 0 Å². The number of nitrogens with zero attached hydrogens (tertiary/aromatic N) is 3. The SMILES string of the molecule is Brc1ccnc2c(I)cnn12. The molecule has 2 aromatic rings. The van der Waals surface area contributed by atoms with Crippen LogP contribution in [0.1, 0.15) is 0 Å². The molecule has 0 spiro atoms. The van der Waals surface area contributed by atoms with Crippen molar-refractivity contribution >= 4 is 44.2 Å². The van der Waals surface area contributed by atoms with Gasteiger partial charge in [-0.05, 0) is 44.6 Å². The maximum absolute atomic E-state index is 4.16. The molecule has 11 heavy (non-hydrogen) atoms. The zero-order chi connectivity index (χ0) is 7.84. The zero-order valence-corrected chi connectivity index (χ0v) is 9.07. The Morgan fingerprint density at radius 2 is 2.36 bits per heavy atom. The highest BCUT2D eigenvalue weighted by molar-refractivity contribution is 14.1. The summed E-state index contributed by atoms with van der Waals surface area (Å²) in [5.74, 6) is 0. The topological polar surface area (TPSA) is 30.2 Å². The van der Waals surface area contributed by atoms with Crippen molar-refractivity contribution in [1.82, 2.24) is 14.6 Å². The van der Waals surface area contributed by atoms with E-state index in [4.69, 9.17) is 0 Å². The van der Waals surface area contributed by atoms with Gasteiger partial charge in [0.25, 0.3) is 0 Å². The van der Waals surface area contributed by atoms with Gasteiger partial charge in [-0.1, -0.05) is 0 Å². The Hall–Kier alpha value is -0.170. The minimum Gasteiger partial charge on any atom is -0.236 e. The second kappa shape index (κ2) is 2.71. The van der Waals surface area contributed by atoms with Gasteiger partial charge < -0.3 is 0 Å². The summed E-state index contributed by atoms with van der Waals surface area (Å²) in [7, 11) is 0. The lowest BCUT2D eigenvalue weighted by atomic mass is 10.6. The van der Waals surface area contributed by atoms with Crippen molar-refractivity contribution in [2.24, 2.45) is 0 Å². The van der Waals surface area contributed by atoms with E-state index in [2.05, 4.69) is 48.6 Å². The number of halogens is 2. The van der Waals surface area contributed by atoms with E-state index in [1.54, 1.807) is 16.9 Å². The molecule has 0 bridgehead atoms. The van der Waals surface area contributed by atoms with Crippen LogP contribution in [-0.2, 0) is 0 Å². The maximum Gasteiger partial charge on any atom is 0.169 e. The summed E-state index contributed by atoms with van der Waals surface area (Å²) < 4.78 is 3.73. The van der Waals surface area contributed by atoms with Crippen LogP contribution in [0.2, 0.25) is 0 Å². The highest BCUT2D eigenvalue weighted by atomic mass is 127. The second-order valence-corrected chi connectivity index (χ2v) is 3.97. The Morgan fingerprint density at radius 3 is 3.09 bits per heavy atom. The average molecular weight is 324 g/mol. The van der Waals surface area contributed by atoms with Gasteiger partial charge in [0.05, 0.1) is 9.77 Å². The van der Waals surface area contributed by atoms with Crippen molar-refractivity contribution in [1.29, 1.82) is 0 Å². The van der Waals surface area contributed by atoms with Gasteiger partial charge in [-0.3, -0.25) is 0 Å². The van der Waals surface area contributed by atoms with Crippen molar-refractivity contribution in [3.63, 3.8) is 0 Å². The molecule has 2 aromatic heterocycles. The molecular weight excluding hydrogens is 321 g/mol. The fraction of sp³-hybridized carbons (Fsp3) is 0. The molecule has 0 aliphatic rings. The first-order valence-electron chi connectivity index (χ1n) is 2.93. The predicted octanol–water partition coefficient (Wildman–Crippen LogP) is 2.10. The van der Waals surface area contributed by atoms with Crippen molar-refractivity contribution in [2.75, 3.05) is 0 Å². The zero-order valence-electron chi connectivity index (χ0n) is 5.33. The van der Waals surface area contributed by atoms with Crippen LogP contribution >= 0.6 is 38.5 Å². The van der Waals surface area contributed by atoms with Gasteiger partial charge in [-0.2, -0.15) is 5.10 Å². The van der Waals surface area contributed by atoms with E-state index >= 15 is 0 Å². The smallest absolute Gasteiger partial charge is 0.169 e. The molecule has 0 atom stereocenters. The normalized spacial score (nSPS) is 10.7. The third-order valence-electron chi connectivity index (χ3n) is 1.31. The van der Waals surface area contributed by atoms with E-state index in [1.807, 2.05) is 6.07 Å². The third kappa shape index (κ3) is 1.16. The summed E-state index contributed by atoms with van der Waals surface area (Å²) in [4.78, 5) is 4.16. The highest BCUT2D eigenvalue weighted by Crippen LogP contribution is 2.14. The summed E-state index contributed by atoms with van der Waals surface area (Å²) in [5.41, 5.74) is 0.889. The van der Waals surface area contributed by atoms with Gasteiger partial charge in [0.2, 0.25) is 0 Å². The van der Waals surface area contributed by atoms with Crippen LogP contribution in [0.15, 0.2) is 23.1 Å². The van der Waals surface area contributed by atoms with Crippen LogP contribution < -0.4 is 0 Å². The third-order valence-corrected chi connectivity index (χ3v) is 2.67. The molecular formula is C6H3BrIN3. The summed E-state index contributed by atoms with van der Waals surface area (Å²) in [6, 6.07) is 1.86. The molecule has 2 rings (SSSR count). The first-order valence-corrected chi connectivity index (χ1v) is 4.80. The van der Waals surface area contributed by atoms with E-state index in [0.717, 1.165) is 13.8 Å². The lowest BCUT2D eigenvalue weighted by Gasteiger charge is -1.93. The Balaban J connectivity index is 2.94. The van der Waals surface area contributed by atoms with E-state index < -0.39 is 0 Å². The fourth-order valence-corrected chi connectivity index (χ4v) is 1.70. The van der Waals surface area contributed by atoms with Gasteiger partial charge >= 0.3 is 0 Å². The molecule has 0 saturated heterocycles. The summed E-state index contributed by atoms with van der Waals surface area (Å²) in [6.45, 7) is 0. The van der Waals surface area contributed by atoms with Crippen LogP contribution in [0.3, 0.4) is 0 Å². The van der Waals surface area contributed by atoms with Gasteiger partial charge in [-0.15, -0.1) is 0 Å². The van der Waals surface area contributed by atoms with Crippen LogP contribution in [-0.4, -0.2) is 14.6 Å². The van der Waals surface area contributed by atoms with Crippen molar-refractivity contribution in [2.45, 2.75) is 0 Å². The van der Waals surface area contributed by atoms with Crippen molar-refractivity contribution in [3.05, 3.63) is 26.6 Å². The molecule has 0 unspecified atom stereocenters. The number of aromatic nitrogens is 3. The van der Waals surface area contributed by atoms with Crippen LogP contribution in [0.4, 0.5) is 0 Å². The lowest BCUT2D eigenvalue weighted by molar-refractivity contribution is 0.914. The second-order valence-electron chi connectivity index (χ2n) is 2.00. The highest BCUT2D eigenvalue weighted by Gasteiger charge is 2.02.